The van der Waals surface area contributed by atoms with Crippen LogP contribution >= 0.6 is 11.6 Å². The topological polar surface area (TPSA) is 138 Å². The van der Waals surface area contributed by atoms with Crippen LogP contribution < -0.4 is 20.6 Å². The van der Waals surface area contributed by atoms with Gasteiger partial charge in [-0.25, -0.2) is 9.97 Å². The summed E-state index contributed by atoms with van der Waals surface area (Å²) in [6.45, 7) is 7.45. The first-order valence-electron chi connectivity index (χ1n) is 18.9. The zero-order valence-electron chi connectivity index (χ0n) is 33.6. The molecule has 9 aromatic rings. The highest BCUT2D eigenvalue weighted by Crippen LogP contribution is 2.40. The number of nitrogens with zero attached hydrogens (tertiary/aromatic N) is 6. The molecule has 0 aliphatic heterocycles. The largest absolute Gasteiger partial charge is 0.454 e. The van der Waals surface area contributed by atoms with Gasteiger partial charge in [0, 0.05) is 83.7 Å². The van der Waals surface area contributed by atoms with Crippen LogP contribution in [-0.4, -0.2) is 38.9 Å². The van der Waals surface area contributed by atoms with Gasteiger partial charge in [-0.3, -0.25) is 14.3 Å². The summed E-state index contributed by atoms with van der Waals surface area (Å²) in [6, 6.07) is 26.8. The molecule has 0 fully saturated rings. The molecule has 5 heterocycles. The lowest BCUT2D eigenvalue weighted by atomic mass is 10.0. The van der Waals surface area contributed by atoms with Gasteiger partial charge in [0.2, 0.25) is 0 Å². The molecule has 59 heavy (non-hydrogen) atoms. The smallest absolute Gasteiger partial charge is 0.253 e. The number of fused-ring (bicyclic) bond motifs is 2. The third-order valence-electron chi connectivity index (χ3n) is 9.95. The number of H-pyrrole nitrogens is 2. The van der Waals surface area contributed by atoms with Crippen molar-refractivity contribution >= 4 is 33.7 Å². The van der Waals surface area contributed by atoms with E-state index < -0.39 is 0 Å². The van der Waals surface area contributed by atoms with Crippen LogP contribution in [-0.2, 0) is 21.1 Å². The summed E-state index contributed by atoms with van der Waals surface area (Å²) in [5.74, 6) is 4.27. The maximum absolute atomic E-state index is 12.2. The van der Waals surface area contributed by atoms with E-state index in [9.17, 15) is 9.59 Å². The molecular weight excluding hydrogens is 764 g/mol. The van der Waals surface area contributed by atoms with E-state index in [1.807, 2.05) is 132 Å². The lowest BCUT2D eigenvalue weighted by Gasteiger charge is -2.14. The molecule has 0 bridgehead atoms. The van der Waals surface area contributed by atoms with Gasteiger partial charge < -0.3 is 28.6 Å². The van der Waals surface area contributed by atoms with Gasteiger partial charge in [0.05, 0.1) is 17.2 Å². The van der Waals surface area contributed by atoms with Crippen molar-refractivity contribution in [1.29, 1.82) is 0 Å². The molecular formula is C46H41ClN8O4. The van der Waals surface area contributed by atoms with E-state index in [4.69, 9.17) is 21.1 Å². The predicted octanol–water partition coefficient (Wildman–Crippen LogP) is 9.73. The Morgan fingerprint density at radius 1 is 0.559 bits per heavy atom. The van der Waals surface area contributed by atoms with Crippen molar-refractivity contribution in [2.75, 3.05) is 0 Å². The van der Waals surface area contributed by atoms with Gasteiger partial charge in [0.25, 0.3) is 11.1 Å². The van der Waals surface area contributed by atoms with Gasteiger partial charge in [-0.05, 0) is 106 Å². The van der Waals surface area contributed by atoms with E-state index in [1.54, 1.807) is 40.0 Å². The molecule has 296 valence electrons. The third-order valence-corrected chi connectivity index (χ3v) is 10.2. The maximum Gasteiger partial charge on any atom is 0.253 e. The summed E-state index contributed by atoms with van der Waals surface area (Å²) in [7, 11) is 5.40. The normalized spacial score (nSPS) is 11.2. The Labute approximate surface area is 344 Å². The molecule has 0 saturated carbocycles. The quantitative estimate of drug-likeness (QED) is 0.164. The van der Waals surface area contributed by atoms with Crippen molar-refractivity contribution in [2.45, 2.75) is 27.7 Å². The second-order valence-corrected chi connectivity index (χ2v) is 15.0. The first-order valence-corrected chi connectivity index (χ1v) is 19.2. The van der Waals surface area contributed by atoms with Crippen molar-refractivity contribution < 1.29 is 9.47 Å². The Morgan fingerprint density at radius 2 is 1.02 bits per heavy atom. The highest BCUT2D eigenvalue weighted by molar-refractivity contribution is 6.30. The number of aryl methyl sites for hydroxylation is 7. The molecule has 4 aromatic carbocycles. The average molecular weight is 805 g/mol. The highest BCUT2D eigenvalue weighted by Gasteiger charge is 2.18. The number of imidazole rings is 2. The Hall–Kier alpha value is -7.18. The number of hydrogen-bond acceptors (Lipinski definition) is 7. The van der Waals surface area contributed by atoms with E-state index in [2.05, 4.69) is 25.0 Å². The van der Waals surface area contributed by atoms with Crippen molar-refractivity contribution in [2.24, 2.45) is 21.1 Å². The number of hydrogen-bond donors (Lipinski definition) is 2. The van der Waals surface area contributed by atoms with Gasteiger partial charge in [0.1, 0.15) is 34.2 Å². The third kappa shape index (κ3) is 7.90. The number of aromatic nitrogens is 8. The van der Waals surface area contributed by atoms with Crippen molar-refractivity contribution in [3.8, 4) is 56.4 Å². The zero-order valence-corrected chi connectivity index (χ0v) is 34.3. The fraction of sp³-hybridized carbons (Fsp3) is 0.152. The van der Waals surface area contributed by atoms with Crippen LogP contribution in [0.5, 0.6) is 23.0 Å². The summed E-state index contributed by atoms with van der Waals surface area (Å²) in [6.07, 6.45) is 7.45. The first kappa shape index (κ1) is 38.7. The summed E-state index contributed by atoms with van der Waals surface area (Å²) >= 11 is 5.98. The SMILES string of the molecule is Cc1nc2c(Oc3ccc(-c4cnn(C)c4)cc3)c(-c3cc(C)c(=O)n(C)c3)ccc2[nH]1.Cc1nc2c(Oc3ccc(Cl)cc3)c(-c3cc(C)c(=O)n(C)c3)ccc2[nH]1. The summed E-state index contributed by atoms with van der Waals surface area (Å²) in [5.41, 5.74) is 10.2. The number of pyridine rings is 2. The number of benzene rings is 4. The van der Waals surface area contributed by atoms with Gasteiger partial charge in [-0.2, -0.15) is 5.10 Å². The molecule has 9 rings (SSSR count). The van der Waals surface area contributed by atoms with E-state index >= 15 is 0 Å². The van der Waals surface area contributed by atoms with Gasteiger partial charge >= 0.3 is 0 Å². The van der Waals surface area contributed by atoms with Crippen molar-refractivity contribution in [1.82, 2.24) is 38.9 Å². The molecule has 0 saturated heterocycles. The fourth-order valence-corrected chi connectivity index (χ4v) is 7.21. The average Bonchev–Trinajstić information content (AvgIpc) is 3.94. The molecule has 12 nitrogen and oxygen atoms in total. The summed E-state index contributed by atoms with van der Waals surface area (Å²) < 4.78 is 17.6. The van der Waals surface area contributed by atoms with Crippen LogP contribution in [0.3, 0.4) is 0 Å². The summed E-state index contributed by atoms with van der Waals surface area (Å²) in [5, 5.41) is 4.88. The Morgan fingerprint density at radius 3 is 1.44 bits per heavy atom. The molecule has 2 N–H and O–H groups in total. The van der Waals surface area contributed by atoms with Crippen LogP contribution in [0.1, 0.15) is 22.8 Å². The van der Waals surface area contributed by atoms with Crippen LogP contribution in [0, 0.1) is 27.7 Å². The molecule has 0 unspecified atom stereocenters. The van der Waals surface area contributed by atoms with Crippen molar-refractivity contribution in [3.63, 3.8) is 0 Å². The maximum atomic E-state index is 12.2. The fourth-order valence-electron chi connectivity index (χ4n) is 7.08. The number of nitrogens with one attached hydrogen (secondary N) is 2. The molecule has 0 aliphatic carbocycles. The molecule has 0 radical (unpaired) electrons. The molecule has 0 spiro atoms. The minimum Gasteiger partial charge on any atom is -0.454 e. The lowest BCUT2D eigenvalue weighted by Crippen LogP contribution is -2.18. The van der Waals surface area contributed by atoms with Crippen LogP contribution in [0.15, 0.2) is 119 Å². The monoisotopic (exact) mass is 804 g/mol. The van der Waals surface area contributed by atoms with Gasteiger partial charge in [-0.15, -0.1) is 0 Å². The Balaban J connectivity index is 0.000000167. The van der Waals surface area contributed by atoms with E-state index in [-0.39, 0.29) is 11.1 Å². The molecule has 13 heteroatoms. The molecule has 0 amide bonds. The Kier molecular flexibility index (Phi) is 10.3. The first-order chi connectivity index (χ1) is 28.3. The van der Waals surface area contributed by atoms with E-state index in [0.717, 1.165) is 67.1 Å². The highest BCUT2D eigenvalue weighted by atomic mass is 35.5. The van der Waals surface area contributed by atoms with Gasteiger partial charge in [-0.1, -0.05) is 23.7 Å². The minimum atomic E-state index is -0.0180. The number of ether oxygens (including phenoxy) is 2. The molecule has 0 aliphatic rings. The summed E-state index contributed by atoms with van der Waals surface area (Å²) in [4.78, 5) is 40.1. The number of rotatable bonds is 7. The Bertz CT molecular complexity index is 3080. The van der Waals surface area contributed by atoms with E-state index in [1.165, 1.54) is 0 Å². The van der Waals surface area contributed by atoms with Crippen molar-refractivity contribution in [3.05, 3.63) is 158 Å². The standard InChI is InChI=1S/C25H23N5O2.C21H18ClN3O2/c1-15-11-18(13-29(3)25(15)31)21-9-10-22-23(28-16(2)27-22)24(21)32-20-7-5-17(6-8-20)19-12-26-30(4)14-19;1-12-10-14(11-25(3)21(12)26)17-8-9-18-19(24-13(2)23-18)20(17)27-16-6-4-15(22)5-7-16/h5-14H,1-4H3,(H,27,28);4-11H,1-3H3,(H,23,24). The van der Waals surface area contributed by atoms with Gasteiger partial charge in [0.15, 0.2) is 11.5 Å². The predicted molar refractivity (Wildman–Crippen MR) is 233 cm³/mol. The number of aromatic amines is 2. The van der Waals surface area contributed by atoms with E-state index in [0.29, 0.717) is 39.1 Å². The molecule has 5 aromatic heterocycles. The zero-order chi connectivity index (χ0) is 41.5. The lowest BCUT2D eigenvalue weighted by molar-refractivity contribution is 0.489. The van der Waals surface area contributed by atoms with Crippen LogP contribution in [0.4, 0.5) is 0 Å². The second kappa shape index (κ2) is 15.6. The number of halogens is 1. The minimum absolute atomic E-state index is 0.0149. The second-order valence-electron chi connectivity index (χ2n) is 14.6. The van der Waals surface area contributed by atoms with Crippen LogP contribution in [0.25, 0.3) is 55.4 Å². The van der Waals surface area contributed by atoms with Crippen LogP contribution in [0.2, 0.25) is 5.02 Å². The molecule has 0 atom stereocenters.